The van der Waals surface area contributed by atoms with Gasteiger partial charge in [-0.05, 0) is 36.0 Å². The minimum absolute atomic E-state index is 0.271. The first-order valence-corrected chi connectivity index (χ1v) is 7.56. The van der Waals surface area contributed by atoms with Crippen molar-refractivity contribution in [1.29, 1.82) is 0 Å². The quantitative estimate of drug-likeness (QED) is 0.545. The second kappa shape index (κ2) is 7.05. The normalized spacial score (nSPS) is 11.7. The number of ether oxygens (including phenoxy) is 1. The Bertz CT molecular complexity index is 827. The van der Waals surface area contributed by atoms with Crippen LogP contribution in [0, 0.1) is 0 Å². The number of H-pyrrole nitrogens is 1. The lowest BCUT2D eigenvalue weighted by atomic mass is 10.0. The van der Waals surface area contributed by atoms with E-state index >= 15 is 0 Å². The first kappa shape index (κ1) is 15.9. The summed E-state index contributed by atoms with van der Waals surface area (Å²) in [6.07, 6.45) is 6.13. The standard InChI is InChI=1S/C16H15N5O2S/c1-23-16(24)18-15(14-8-17-20-19-14)12-2-4-13(5-3-12)21-7-6-11(9-21)10-22/h2-10,15H,1H3,(H,18,24)(H,17,19,20). The summed E-state index contributed by atoms with van der Waals surface area (Å²) in [7, 11) is 1.51. The van der Waals surface area contributed by atoms with Crippen LogP contribution in [0.3, 0.4) is 0 Å². The van der Waals surface area contributed by atoms with E-state index in [0.29, 0.717) is 11.3 Å². The highest BCUT2D eigenvalue weighted by Crippen LogP contribution is 2.21. The van der Waals surface area contributed by atoms with Crippen molar-refractivity contribution in [2.24, 2.45) is 0 Å². The maximum atomic E-state index is 10.8. The van der Waals surface area contributed by atoms with Gasteiger partial charge in [0.1, 0.15) is 11.7 Å². The van der Waals surface area contributed by atoms with Gasteiger partial charge in [0.05, 0.1) is 7.11 Å². The number of benzene rings is 1. The zero-order valence-corrected chi connectivity index (χ0v) is 13.7. The van der Waals surface area contributed by atoms with Gasteiger partial charge in [-0.3, -0.25) is 9.89 Å². The smallest absolute Gasteiger partial charge is 0.257 e. The van der Waals surface area contributed by atoms with E-state index in [9.17, 15) is 4.79 Å². The molecule has 0 spiro atoms. The van der Waals surface area contributed by atoms with Gasteiger partial charge in [-0.15, -0.1) is 5.10 Å². The molecule has 7 nitrogen and oxygen atoms in total. The molecule has 122 valence electrons. The summed E-state index contributed by atoms with van der Waals surface area (Å²) < 4.78 is 6.91. The van der Waals surface area contributed by atoms with E-state index in [-0.39, 0.29) is 11.2 Å². The largest absolute Gasteiger partial charge is 0.474 e. The Morgan fingerprint density at radius 1 is 1.38 bits per heavy atom. The molecular weight excluding hydrogens is 326 g/mol. The second-order valence-electron chi connectivity index (χ2n) is 5.03. The number of carbonyl (C=O) groups is 1. The molecule has 0 saturated heterocycles. The number of hydrogen-bond donors (Lipinski definition) is 2. The van der Waals surface area contributed by atoms with E-state index in [1.165, 1.54) is 7.11 Å². The molecule has 0 radical (unpaired) electrons. The van der Waals surface area contributed by atoms with Gasteiger partial charge in [0.2, 0.25) is 0 Å². The zero-order chi connectivity index (χ0) is 16.9. The topological polar surface area (TPSA) is 84.8 Å². The van der Waals surface area contributed by atoms with E-state index in [4.69, 9.17) is 17.0 Å². The van der Waals surface area contributed by atoms with Crippen molar-refractivity contribution < 1.29 is 9.53 Å². The summed E-state index contributed by atoms with van der Waals surface area (Å²) in [6, 6.07) is 9.31. The summed E-state index contributed by atoms with van der Waals surface area (Å²) in [5, 5.41) is 13.8. The first-order chi connectivity index (χ1) is 11.7. The van der Waals surface area contributed by atoms with Gasteiger partial charge in [0, 0.05) is 29.8 Å². The second-order valence-corrected chi connectivity index (χ2v) is 5.40. The molecule has 24 heavy (non-hydrogen) atoms. The molecule has 1 atom stereocenters. The molecule has 0 bridgehead atoms. The molecule has 0 aliphatic heterocycles. The summed E-state index contributed by atoms with van der Waals surface area (Å²) in [4.78, 5) is 10.8. The van der Waals surface area contributed by atoms with Crippen molar-refractivity contribution in [3.8, 4) is 5.69 Å². The van der Waals surface area contributed by atoms with Crippen molar-refractivity contribution in [1.82, 2.24) is 25.3 Å². The highest BCUT2D eigenvalue weighted by Gasteiger charge is 2.18. The predicted molar refractivity (Wildman–Crippen MR) is 92.1 cm³/mol. The summed E-state index contributed by atoms with van der Waals surface area (Å²) in [5.74, 6) is 0. The number of nitrogens with zero attached hydrogens (tertiary/aromatic N) is 3. The van der Waals surface area contributed by atoms with Gasteiger partial charge in [-0.1, -0.05) is 17.3 Å². The number of nitrogens with one attached hydrogen (secondary N) is 2. The van der Waals surface area contributed by atoms with Crippen LogP contribution in [0.2, 0.25) is 0 Å². The molecule has 0 aliphatic rings. The van der Waals surface area contributed by atoms with Crippen molar-refractivity contribution in [2.75, 3.05) is 7.11 Å². The third-order valence-electron chi connectivity index (χ3n) is 3.56. The fraction of sp³-hybridized carbons (Fsp3) is 0.125. The molecule has 8 heteroatoms. The number of aromatic nitrogens is 4. The highest BCUT2D eigenvalue weighted by atomic mass is 32.1. The van der Waals surface area contributed by atoms with E-state index in [1.54, 1.807) is 18.5 Å². The molecule has 0 aliphatic carbocycles. The maximum absolute atomic E-state index is 10.8. The van der Waals surface area contributed by atoms with Crippen LogP contribution in [0.15, 0.2) is 48.9 Å². The molecule has 1 unspecified atom stereocenters. The van der Waals surface area contributed by atoms with Crippen molar-refractivity contribution >= 4 is 23.7 Å². The number of hydrogen-bond acceptors (Lipinski definition) is 5. The Labute approximate surface area is 143 Å². The van der Waals surface area contributed by atoms with Crippen LogP contribution in [0.25, 0.3) is 5.69 Å². The first-order valence-electron chi connectivity index (χ1n) is 7.15. The van der Waals surface area contributed by atoms with Gasteiger partial charge in [0.25, 0.3) is 5.17 Å². The van der Waals surface area contributed by atoms with Gasteiger partial charge in [-0.2, -0.15) is 0 Å². The summed E-state index contributed by atoms with van der Waals surface area (Å²) in [6.45, 7) is 0. The molecule has 1 aromatic carbocycles. The van der Waals surface area contributed by atoms with Crippen LogP contribution >= 0.6 is 12.2 Å². The molecule has 2 heterocycles. The van der Waals surface area contributed by atoms with Gasteiger partial charge in [0.15, 0.2) is 6.29 Å². The zero-order valence-electron chi connectivity index (χ0n) is 12.8. The SMILES string of the molecule is COC(=S)NC(c1ccc(-n2ccc(C=O)c2)cc1)c1c[nH]nn1. The lowest BCUT2D eigenvalue weighted by Crippen LogP contribution is -2.29. The molecule has 2 N–H and O–H groups in total. The maximum Gasteiger partial charge on any atom is 0.257 e. The minimum Gasteiger partial charge on any atom is -0.474 e. The van der Waals surface area contributed by atoms with Crippen LogP contribution in [0.5, 0.6) is 0 Å². The molecule has 3 rings (SSSR count). The van der Waals surface area contributed by atoms with E-state index in [2.05, 4.69) is 20.7 Å². The Kier molecular flexibility index (Phi) is 4.66. The van der Waals surface area contributed by atoms with Gasteiger partial charge in [-0.25, -0.2) is 0 Å². The van der Waals surface area contributed by atoms with Gasteiger partial charge < -0.3 is 14.6 Å². The van der Waals surface area contributed by atoms with Crippen LogP contribution in [0.1, 0.15) is 27.7 Å². The number of aldehydes is 1. The fourth-order valence-corrected chi connectivity index (χ4v) is 2.46. The van der Waals surface area contributed by atoms with Crippen molar-refractivity contribution in [3.05, 3.63) is 65.7 Å². The highest BCUT2D eigenvalue weighted by molar-refractivity contribution is 7.80. The molecule has 3 aromatic rings. The number of carbonyl (C=O) groups excluding carboxylic acids is 1. The third kappa shape index (κ3) is 3.33. The molecule has 0 saturated carbocycles. The fourth-order valence-electron chi connectivity index (χ4n) is 2.34. The molecule has 2 aromatic heterocycles. The number of methoxy groups -OCH3 is 1. The Hall–Kier alpha value is -3.00. The van der Waals surface area contributed by atoms with Crippen LogP contribution in [0.4, 0.5) is 0 Å². The average molecular weight is 341 g/mol. The minimum atomic E-state index is -0.277. The molecule has 0 fully saturated rings. The monoisotopic (exact) mass is 341 g/mol. The lowest BCUT2D eigenvalue weighted by Gasteiger charge is -2.18. The lowest BCUT2D eigenvalue weighted by molar-refractivity contribution is 0.112. The van der Waals surface area contributed by atoms with E-state index < -0.39 is 0 Å². The van der Waals surface area contributed by atoms with Crippen molar-refractivity contribution in [3.63, 3.8) is 0 Å². The van der Waals surface area contributed by atoms with E-state index in [1.807, 2.05) is 35.0 Å². The Morgan fingerprint density at radius 3 is 2.75 bits per heavy atom. The van der Waals surface area contributed by atoms with Gasteiger partial charge >= 0.3 is 0 Å². The third-order valence-corrected chi connectivity index (χ3v) is 3.84. The summed E-state index contributed by atoms with van der Waals surface area (Å²) >= 11 is 5.09. The van der Waals surface area contributed by atoms with E-state index in [0.717, 1.165) is 17.5 Å². The summed E-state index contributed by atoms with van der Waals surface area (Å²) in [5.41, 5.74) is 3.23. The van der Waals surface area contributed by atoms with Crippen LogP contribution in [-0.4, -0.2) is 38.5 Å². The molecular formula is C16H15N5O2S. The number of thiocarbonyl (C=S) groups is 1. The number of aromatic amines is 1. The van der Waals surface area contributed by atoms with Crippen molar-refractivity contribution in [2.45, 2.75) is 6.04 Å². The Balaban J connectivity index is 1.88. The average Bonchev–Trinajstić information content (AvgIpc) is 3.31. The molecule has 0 amide bonds. The number of rotatable bonds is 5. The van der Waals surface area contributed by atoms with Crippen LogP contribution in [-0.2, 0) is 4.74 Å². The predicted octanol–water partition coefficient (Wildman–Crippen LogP) is 2.02. The Morgan fingerprint density at radius 2 is 2.17 bits per heavy atom. The van der Waals surface area contributed by atoms with Crippen LogP contribution < -0.4 is 5.32 Å².